The first-order valence-corrected chi connectivity index (χ1v) is 3.84. The maximum Gasteiger partial charge on any atom is 0.308 e. The van der Waals surface area contributed by atoms with Gasteiger partial charge in [0.25, 0.3) is 0 Å². The molecule has 0 atom stereocenters. The van der Waals surface area contributed by atoms with E-state index >= 15 is 0 Å². The Morgan fingerprint density at radius 3 is 2.85 bits per heavy atom. The van der Waals surface area contributed by atoms with E-state index in [1.807, 2.05) is 6.92 Å². The summed E-state index contributed by atoms with van der Waals surface area (Å²) in [6.45, 7) is 1.83. The van der Waals surface area contributed by atoms with E-state index < -0.39 is 5.97 Å². The number of rotatable bonds is 3. The average Bonchev–Trinajstić information content (AvgIpc) is 2.03. The van der Waals surface area contributed by atoms with Gasteiger partial charge in [-0.05, 0) is 6.92 Å². The molecule has 0 saturated heterocycles. The molecule has 0 spiro atoms. The Balaban J connectivity index is 3.05. The third-order valence-corrected chi connectivity index (χ3v) is 1.69. The van der Waals surface area contributed by atoms with Crippen LogP contribution < -0.4 is 4.74 Å². The van der Waals surface area contributed by atoms with E-state index in [0.29, 0.717) is 11.3 Å². The van der Waals surface area contributed by atoms with Crippen molar-refractivity contribution in [2.75, 3.05) is 7.11 Å². The lowest BCUT2D eigenvalue weighted by molar-refractivity contribution is -0.136. The zero-order valence-electron chi connectivity index (χ0n) is 7.57. The number of aryl methyl sites for hydroxylation is 1. The second kappa shape index (κ2) is 3.89. The van der Waals surface area contributed by atoms with E-state index in [1.54, 1.807) is 6.20 Å². The fraction of sp³-hybridized carbons (Fsp3) is 0.333. The summed E-state index contributed by atoms with van der Waals surface area (Å²) in [5.74, 6) is -0.275. The minimum atomic E-state index is -0.884. The quantitative estimate of drug-likeness (QED) is 0.756. The predicted octanol–water partition coefficient (Wildman–Crippen LogP) is 1.03. The summed E-state index contributed by atoms with van der Waals surface area (Å²) in [7, 11) is 1.52. The van der Waals surface area contributed by atoms with Gasteiger partial charge in [0.05, 0.1) is 13.5 Å². The van der Waals surface area contributed by atoms with Crippen LogP contribution in [-0.2, 0) is 11.2 Å². The normalized spacial score (nSPS) is 9.69. The molecule has 0 aliphatic rings. The van der Waals surface area contributed by atoms with Crippen LogP contribution in [0.4, 0.5) is 0 Å². The van der Waals surface area contributed by atoms with Gasteiger partial charge < -0.3 is 9.84 Å². The monoisotopic (exact) mass is 181 g/mol. The number of hydrogen-bond donors (Lipinski definition) is 1. The highest BCUT2D eigenvalue weighted by molar-refractivity contribution is 5.71. The number of aromatic nitrogens is 1. The van der Waals surface area contributed by atoms with Gasteiger partial charge in [-0.15, -0.1) is 0 Å². The van der Waals surface area contributed by atoms with Crippen molar-refractivity contribution in [1.29, 1.82) is 0 Å². The molecule has 70 valence electrons. The minimum absolute atomic E-state index is 0.0577. The first-order chi connectivity index (χ1) is 6.15. The number of carboxylic acids is 1. The Morgan fingerprint density at radius 2 is 2.31 bits per heavy atom. The number of nitrogens with zero attached hydrogens (tertiary/aromatic N) is 1. The van der Waals surface area contributed by atoms with Crippen molar-refractivity contribution < 1.29 is 14.6 Å². The van der Waals surface area contributed by atoms with Gasteiger partial charge >= 0.3 is 5.97 Å². The molecule has 0 amide bonds. The van der Waals surface area contributed by atoms with Crippen molar-refractivity contribution >= 4 is 5.97 Å². The van der Waals surface area contributed by atoms with Gasteiger partial charge in [-0.25, -0.2) is 0 Å². The zero-order chi connectivity index (χ0) is 9.84. The number of aliphatic carboxylic acids is 1. The Hall–Kier alpha value is -1.58. The lowest BCUT2D eigenvalue weighted by atomic mass is 10.1. The third kappa shape index (κ3) is 2.18. The molecular weight excluding hydrogens is 170 g/mol. The molecule has 0 saturated carbocycles. The molecule has 13 heavy (non-hydrogen) atoms. The number of methoxy groups -OCH3 is 1. The Kier molecular flexibility index (Phi) is 2.84. The van der Waals surface area contributed by atoms with Crippen LogP contribution in [0.1, 0.15) is 11.1 Å². The molecule has 1 rings (SSSR count). The van der Waals surface area contributed by atoms with Crippen LogP contribution in [-0.4, -0.2) is 23.2 Å². The second-order valence-electron chi connectivity index (χ2n) is 2.72. The van der Waals surface area contributed by atoms with Crippen molar-refractivity contribution in [3.8, 4) is 5.75 Å². The maximum atomic E-state index is 10.5. The standard InChI is InChI=1S/C9H11NO3/c1-6-4-10-5-7(3-8(11)12)9(6)13-2/h4-5H,3H2,1-2H3,(H,11,12). The van der Waals surface area contributed by atoms with Gasteiger partial charge in [0.15, 0.2) is 0 Å². The molecule has 0 aliphatic heterocycles. The second-order valence-corrected chi connectivity index (χ2v) is 2.72. The molecule has 4 nitrogen and oxygen atoms in total. The van der Waals surface area contributed by atoms with Gasteiger partial charge in [0.1, 0.15) is 5.75 Å². The molecule has 0 radical (unpaired) electrons. The summed E-state index contributed by atoms with van der Waals surface area (Å²) in [6, 6.07) is 0. The Labute approximate surface area is 76.2 Å². The third-order valence-electron chi connectivity index (χ3n) is 1.69. The fourth-order valence-electron chi connectivity index (χ4n) is 1.19. The summed E-state index contributed by atoms with van der Waals surface area (Å²) in [4.78, 5) is 14.4. The van der Waals surface area contributed by atoms with Crippen molar-refractivity contribution in [3.63, 3.8) is 0 Å². The van der Waals surface area contributed by atoms with Crippen LogP contribution in [0.2, 0.25) is 0 Å². The van der Waals surface area contributed by atoms with Crippen LogP contribution in [0, 0.1) is 6.92 Å². The largest absolute Gasteiger partial charge is 0.496 e. The van der Waals surface area contributed by atoms with Crippen molar-refractivity contribution in [2.45, 2.75) is 13.3 Å². The molecule has 4 heteroatoms. The number of carboxylic acid groups (broad SMARTS) is 1. The van der Waals surface area contributed by atoms with E-state index in [2.05, 4.69) is 4.98 Å². The van der Waals surface area contributed by atoms with Crippen molar-refractivity contribution in [1.82, 2.24) is 4.98 Å². The molecule has 0 unspecified atom stereocenters. The Morgan fingerprint density at radius 1 is 1.62 bits per heavy atom. The maximum absolute atomic E-state index is 10.5. The summed E-state index contributed by atoms with van der Waals surface area (Å²) < 4.78 is 5.07. The highest BCUT2D eigenvalue weighted by Crippen LogP contribution is 2.21. The van der Waals surface area contributed by atoms with Crippen LogP contribution >= 0.6 is 0 Å². The van der Waals surface area contributed by atoms with Gasteiger partial charge in [0.2, 0.25) is 0 Å². The highest BCUT2D eigenvalue weighted by Gasteiger charge is 2.09. The van der Waals surface area contributed by atoms with Crippen molar-refractivity contribution in [2.24, 2.45) is 0 Å². The summed E-state index contributed by atoms with van der Waals surface area (Å²) in [5.41, 5.74) is 1.45. The summed E-state index contributed by atoms with van der Waals surface area (Å²) in [5, 5.41) is 8.59. The molecule has 0 fully saturated rings. The molecule has 1 N–H and O–H groups in total. The average molecular weight is 181 g/mol. The number of ether oxygens (including phenoxy) is 1. The number of hydrogen-bond acceptors (Lipinski definition) is 3. The van der Waals surface area contributed by atoms with Crippen LogP contribution in [0.15, 0.2) is 12.4 Å². The number of carbonyl (C=O) groups is 1. The summed E-state index contributed by atoms with van der Waals surface area (Å²) >= 11 is 0. The molecule has 1 aromatic rings. The van der Waals surface area contributed by atoms with Gasteiger partial charge in [-0.2, -0.15) is 0 Å². The molecule has 0 aromatic carbocycles. The van der Waals surface area contributed by atoms with E-state index in [0.717, 1.165) is 5.56 Å². The topological polar surface area (TPSA) is 59.4 Å². The SMILES string of the molecule is COc1c(C)cncc1CC(=O)O. The van der Waals surface area contributed by atoms with Gasteiger partial charge in [-0.3, -0.25) is 9.78 Å². The lowest BCUT2D eigenvalue weighted by Gasteiger charge is -2.08. The van der Waals surface area contributed by atoms with Gasteiger partial charge in [0, 0.05) is 23.5 Å². The first kappa shape index (κ1) is 9.51. The first-order valence-electron chi connectivity index (χ1n) is 3.84. The molecular formula is C9H11NO3. The smallest absolute Gasteiger partial charge is 0.308 e. The fourth-order valence-corrected chi connectivity index (χ4v) is 1.19. The van der Waals surface area contributed by atoms with E-state index in [-0.39, 0.29) is 6.42 Å². The number of pyridine rings is 1. The highest BCUT2D eigenvalue weighted by atomic mass is 16.5. The predicted molar refractivity (Wildman–Crippen MR) is 46.9 cm³/mol. The van der Waals surface area contributed by atoms with Crippen molar-refractivity contribution in [3.05, 3.63) is 23.5 Å². The zero-order valence-corrected chi connectivity index (χ0v) is 7.57. The van der Waals surface area contributed by atoms with Crippen LogP contribution in [0.5, 0.6) is 5.75 Å². The Bertz CT molecular complexity index is 323. The van der Waals surface area contributed by atoms with Crippen LogP contribution in [0.3, 0.4) is 0 Å². The molecule has 0 bridgehead atoms. The molecule has 1 heterocycles. The van der Waals surface area contributed by atoms with Gasteiger partial charge in [-0.1, -0.05) is 0 Å². The van der Waals surface area contributed by atoms with E-state index in [1.165, 1.54) is 13.3 Å². The molecule has 0 aliphatic carbocycles. The molecule has 1 aromatic heterocycles. The summed E-state index contributed by atoms with van der Waals surface area (Å²) in [6.07, 6.45) is 3.10. The lowest BCUT2D eigenvalue weighted by Crippen LogP contribution is -2.03. The van der Waals surface area contributed by atoms with E-state index in [4.69, 9.17) is 9.84 Å². The minimum Gasteiger partial charge on any atom is -0.496 e. The van der Waals surface area contributed by atoms with Crippen LogP contribution in [0.25, 0.3) is 0 Å². The van der Waals surface area contributed by atoms with E-state index in [9.17, 15) is 4.79 Å².